The van der Waals surface area contributed by atoms with Crippen LogP contribution in [0, 0.1) is 5.92 Å². The lowest BCUT2D eigenvalue weighted by molar-refractivity contribution is -0.137. The van der Waals surface area contributed by atoms with Gasteiger partial charge in [0.2, 0.25) is 5.91 Å². The number of fused-ring (bicyclic) bond motifs is 1. The number of carbonyl (C=O) groups is 1. The van der Waals surface area contributed by atoms with Gasteiger partial charge >= 0.3 is 6.18 Å². The SMILES string of the molecule is CC(C)Cn1c([C@H]2CC(=O)N(c3cccc(C(F)(F)F)c3)C2)nc2ccccc21. The number of hydrogen-bond acceptors (Lipinski definition) is 2. The second-order valence-electron chi connectivity index (χ2n) is 7.92. The Bertz CT molecular complexity index is 1050. The number of amides is 1. The van der Waals surface area contributed by atoms with E-state index in [0.717, 1.165) is 35.5 Å². The molecule has 7 heteroatoms. The number of hydrogen-bond donors (Lipinski definition) is 0. The molecule has 0 spiro atoms. The minimum Gasteiger partial charge on any atom is -0.327 e. The second-order valence-corrected chi connectivity index (χ2v) is 7.92. The van der Waals surface area contributed by atoms with Crippen molar-refractivity contribution < 1.29 is 18.0 Å². The topological polar surface area (TPSA) is 38.1 Å². The van der Waals surface area contributed by atoms with Crippen molar-refractivity contribution in [1.82, 2.24) is 9.55 Å². The summed E-state index contributed by atoms with van der Waals surface area (Å²) in [6.45, 7) is 5.33. The maximum Gasteiger partial charge on any atom is 0.416 e. The number of benzene rings is 2. The first-order valence-corrected chi connectivity index (χ1v) is 9.67. The average Bonchev–Trinajstić information content (AvgIpc) is 3.22. The number of para-hydroxylation sites is 2. The van der Waals surface area contributed by atoms with Crippen LogP contribution in [-0.2, 0) is 17.5 Å². The van der Waals surface area contributed by atoms with Crippen LogP contribution >= 0.6 is 0 Å². The highest BCUT2D eigenvalue weighted by Gasteiger charge is 2.36. The van der Waals surface area contributed by atoms with Crippen molar-refractivity contribution in [2.75, 3.05) is 11.4 Å². The normalized spacial score (nSPS) is 17.7. The highest BCUT2D eigenvalue weighted by Crippen LogP contribution is 2.36. The predicted octanol–water partition coefficient (Wildman–Crippen LogP) is 5.23. The van der Waals surface area contributed by atoms with Gasteiger partial charge in [-0.15, -0.1) is 0 Å². The molecule has 1 amide bonds. The molecule has 1 fully saturated rings. The summed E-state index contributed by atoms with van der Waals surface area (Å²) < 4.78 is 41.4. The first-order chi connectivity index (χ1) is 13.7. The fourth-order valence-electron chi connectivity index (χ4n) is 3.94. The molecule has 2 aromatic carbocycles. The van der Waals surface area contributed by atoms with Gasteiger partial charge in [0.05, 0.1) is 16.6 Å². The van der Waals surface area contributed by atoms with E-state index in [1.165, 1.54) is 11.0 Å². The molecule has 4 nitrogen and oxygen atoms in total. The van der Waals surface area contributed by atoms with Crippen LogP contribution in [0.2, 0.25) is 0 Å². The summed E-state index contributed by atoms with van der Waals surface area (Å²) in [4.78, 5) is 18.9. The molecule has 4 rings (SSSR count). The summed E-state index contributed by atoms with van der Waals surface area (Å²) in [5.74, 6) is 0.867. The minimum absolute atomic E-state index is 0.164. The van der Waals surface area contributed by atoms with E-state index in [-0.39, 0.29) is 23.9 Å². The Hall–Kier alpha value is -2.83. The molecule has 0 aliphatic carbocycles. The number of alkyl halides is 3. The quantitative estimate of drug-likeness (QED) is 0.600. The van der Waals surface area contributed by atoms with Gasteiger partial charge in [0.15, 0.2) is 0 Å². The van der Waals surface area contributed by atoms with Crippen molar-refractivity contribution in [2.24, 2.45) is 5.92 Å². The first kappa shape index (κ1) is 19.5. The lowest BCUT2D eigenvalue weighted by Crippen LogP contribution is -2.25. The third-order valence-electron chi connectivity index (χ3n) is 5.21. The van der Waals surface area contributed by atoms with Crippen LogP contribution in [0.25, 0.3) is 11.0 Å². The third kappa shape index (κ3) is 3.73. The number of carbonyl (C=O) groups excluding carboxylic acids is 1. The molecule has 0 bridgehead atoms. The minimum atomic E-state index is -4.44. The Balaban J connectivity index is 1.68. The van der Waals surface area contributed by atoms with E-state index < -0.39 is 11.7 Å². The van der Waals surface area contributed by atoms with Crippen LogP contribution in [-0.4, -0.2) is 22.0 Å². The van der Waals surface area contributed by atoms with Gasteiger partial charge in [0.25, 0.3) is 0 Å². The maximum absolute atomic E-state index is 13.1. The molecule has 1 aliphatic rings. The molecule has 3 aromatic rings. The van der Waals surface area contributed by atoms with Crippen LogP contribution in [0.4, 0.5) is 18.9 Å². The van der Waals surface area contributed by atoms with Gasteiger partial charge in [-0.3, -0.25) is 4.79 Å². The molecule has 152 valence electrons. The monoisotopic (exact) mass is 401 g/mol. The molecule has 0 N–H and O–H groups in total. The van der Waals surface area contributed by atoms with E-state index in [0.29, 0.717) is 12.5 Å². The van der Waals surface area contributed by atoms with E-state index in [1.807, 2.05) is 24.3 Å². The highest BCUT2D eigenvalue weighted by atomic mass is 19.4. The average molecular weight is 401 g/mol. The zero-order valence-electron chi connectivity index (χ0n) is 16.3. The Labute approximate surface area is 167 Å². The molecular weight excluding hydrogens is 379 g/mol. The number of anilines is 1. The Kier molecular flexibility index (Phi) is 4.84. The number of rotatable bonds is 4. The van der Waals surface area contributed by atoms with Gasteiger partial charge < -0.3 is 9.47 Å². The van der Waals surface area contributed by atoms with Crippen LogP contribution < -0.4 is 4.90 Å². The second kappa shape index (κ2) is 7.21. The number of halogens is 3. The van der Waals surface area contributed by atoms with E-state index >= 15 is 0 Å². The number of aromatic nitrogens is 2. The van der Waals surface area contributed by atoms with Crippen LogP contribution in [0.1, 0.15) is 37.6 Å². The van der Waals surface area contributed by atoms with E-state index in [1.54, 1.807) is 6.07 Å². The van der Waals surface area contributed by atoms with Crippen LogP contribution in [0.15, 0.2) is 48.5 Å². The Morgan fingerprint density at radius 1 is 1.14 bits per heavy atom. The summed E-state index contributed by atoms with van der Waals surface area (Å²) in [5.41, 5.74) is 1.41. The Morgan fingerprint density at radius 3 is 2.62 bits per heavy atom. The summed E-state index contributed by atoms with van der Waals surface area (Å²) in [7, 11) is 0. The van der Waals surface area contributed by atoms with E-state index in [9.17, 15) is 18.0 Å². The Morgan fingerprint density at radius 2 is 1.90 bits per heavy atom. The van der Waals surface area contributed by atoms with Gasteiger partial charge in [0, 0.05) is 31.1 Å². The van der Waals surface area contributed by atoms with Crippen molar-refractivity contribution in [1.29, 1.82) is 0 Å². The van der Waals surface area contributed by atoms with Gasteiger partial charge in [-0.05, 0) is 36.2 Å². The molecule has 1 aromatic heterocycles. The van der Waals surface area contributed by atoms with Crippen molar-refractivity contribution in [3.05, 3.63) is 59.9 Å². The first-order valence-electron chi connectivity index (χ1n) is 9.67. The largest absolute Gasteiger partial charge is 0.416 e. The zero-order valence-corrected chi connectivity index (χ0v) is 16.3. The summed E-state index contributed by atoms with van der Waals surface area (Å²) >= 11 is 0. The van der Waals surface area contributed by atoms with Gasteiger partial charge in [-0.1, -0.05) is 32.0 Å². The zero-order chi connectivity index (χ0) is 20.8. The lowest BCUT2D eigenvalue weighted by atomic mass is 10.1. The molecule has 0 radical (unpaired) electrons. The summed E-state index contributed by atoms with van der Waals surface area (Å²) in [6.07, 6.45) is -4.21. The standard InChI is InChI=1S/C22H22F3N3O/c1-14(2)12-28-19-9-4-3-8-18(19)26-21(28)15-10-20(29)27(13-15)17-7-5-6-16(11-17)22(23,24)25/h3-9,11,14-15H,10,12-13H2,1-2H3/t15-/m0/s1. The fraction of sp³-hybridized carbons (Fsp3) is 0.364. The van der Waals surface area contributed by atoms with Crippen molar-refractivity contribution >= 4 is 22.6 Å². The molecule has 29 heavy (non-hydrogen) atoms. The third-order valence-corrected chi connectivity index (χ3v) is 5.21. The van der Waals surface area contributed by atoms with E-state index in [2.05, 4.69) is 18.4 Å². The van der Waals surface area contributed by atoms with Crippen LogP contribution in [0.5, 0.6) is 0 Å². The van der Waals surface area contributed by atoms with Gasteiger partial charge in [-0.25, -0.2) is 4.98 Å². The fourth-order valence-corrected chi connectivity index (χ4v) is 3.94. The molecule has 1 atom stereocenters. The van der Waals surface area contributed by atoms with Crippen molar-refractivity contribution in [3.8, 4) is 0 Å². The molecule has 1 saturated heterocycles. The van der Waals surface area contributed by atoms with Gasteiger partial charge in [-0.2, -0.15) is 13.2 Å². The van der Waals surface area contributed by atoms with Crippen LogP contribution in [0.3, 0.4) is 0 Å². The lowest BCUT2D eigenvalue weighted by Gasteiger charge is -2.19. The maximum atomic E-state index is 13.1. The molecule has 2 heterocycles. The molecule has 1 aliphatic heterocycles. The van der Waals surface area contributed by atoms with Crippen molar-refractivity contribution in [3.63, 3.8) is 0 Å². The van der Waals surface area contributed by atoms with E-state index in [4.69, 9.17) is 4.98 Å². The highest BCUT2D eigenvalue weighted by molar-refractivity contribution is 5.96. The summed E-state index contributed by atoms with van der Waals surface area (Å²) in [5, 5.41) is 0. The number of imidazole rings is 1. The predicted molar refractivity (Wildman–Crippen MR) is 106 cm³/mol. The van der Waals surface area contributed by atoms with Crippen molar-refractivity contribution in [2.45, 2.75) is 38.9 Å². The molecule has 0 saturated carbocycles. The molecular formula is C22H22F3N3O. The number of nitrogens with zero attached hydrogens (tertiary/aromatic N) is 3. The smallest absolute Gasteiger partial charge is 0.327 e. The molecule has 0 unspecified atom stereocenters. The summed E-state index contributed by atoms with van der Waals surface area (Å²) in [6, 6.07) is 12.8. The van der Waals surface area contributed by atoms with Gasteiger partial charge in [0.1, 0.15) is 5.82 Å².